The highest BCUT2D eigenvalue weighted by atomic mass is 16.7. The van der Waals surface area contributed by atoms with Crippen molar-refractivity contribution in [2.75, 3.05) is 18.8 Å². The second kappa shape index (κ2) is 11.4. The first-order chi connectivity index (χ1) is 20.1. The van der Waals surface area contributed by atoms with E-state index in [-0.39, 0.29) is 31.7 Å². The molecule has 0 bridgehead atoms. The van der Waals surface area contributed by atoms with Crippen molar-refractivity contribution in [2.24, 2.45) is 0 Å². The highest BCUT2D eigenvalue weighted by Gasteiger charge is 2.34. The molecule has 6 rings (SSSR count). The van der Waals surface area contributed by atoms with Crippen LogP contribution < -0.4 is 24.4 Å². The summed E-state index contributed by atoms with van der Waals surface area (Å²) in [6.45, 7) is 0.215. The normalized spacial score (nSPS) is 12.6. The zero-order chi connectivity index (χ0) is 28.2. The minimum Gasteiger partial charge on any atom is -0.497 e. The standard InChI is InChI=1S/C31H27N5O5/c1-39-24-11-7-10-22(16-24)30(31(38)32-18-21-8-3-2-4-9-21)36(23-14-15-27-28(17-23)41-20-40-27)29(37)19-35-26-13-6-5-12-25(26)33-34-35/h2-17,30H,18-20H2,1H3,(H,32,38)/t30-/m1/s1. The number of aromatic nitrogens is 3. The van der Waals surface area contributed by atoms with Gasteiger partial charge < -0.3 is 19.5 Å². The molecule has 4 aromatic carbocycles. The highest BCUT2D eigenvalue weighted by Crippen LogP contribution is 2.38. The first-order valence-corrected chi connectivity index (χ1v) is 13.1. The van der Waals surface area contributed by atoms with Crippen molar-refractivity contribution in [2.45, 2.75) is 19.1 Å². The van der Waals surface area contributed by atoms with E-state index in [0.29, 0.717) is 39.5 Å². The molecule has 41 heavy (non-hydrogen) atoms. The van der Waals surface area contributed by atoms with E-state index in [0.717, 1.165) is 5.56 Å². The third-order valence-corrected chi connectivity index (χ3v) is 6.83. The lowest BCUT2D eigenvalue weighted by Crippen LogP contribution is -2.45. The second-order valence-electron chi connectivity index (χ2n) is 9.42. The number of benzene rings is 4. The van der Waals surface area contributed by atoms with E-state index in [1.807, 2.05) is 54.6 Å². The van der Waals surface area contributed by atoms with Crippen LogP contribution in [-0.2, 0) is 22.7 Å². The number of rotatable bonds is 9. The van der Waals surface area contributed by atoms with Crippen molar-refractivity contribution in [3.8, 4) is 17.2 Å². The Labute approximate surface area is 236 Å². The van der Waals surface area contributed by atoms with Crippen molar-refractivity contribution in [1.29, 1.82) is 0 Å². The Morgan fingerprint density at radius 2 is 1.76 bits per heavy atom. The summed E-state index contributed by atoms with van der Waals surface area (Å²) in [5.41, 5.74) is 3.34. The summed E-state index contributed by atoms with van der Waals surface area (Å²) in [6, 6.07) is 28.2. The first-order valence-electron chi connectivity index (χ1n) is 13.1. The summed E-state index contributed by atoms with van der Waals surface area (Å²) in [5, 5.41) is 11.4. The van der Waals surface area contributed by atoms with Gasteiger partial charge in [-0.15, -0.1) is 5.10 Å². The van der Waals surface area contributed by atoms with Crippen LogP contribution in [0.1, 0.15) is 17.2 Å². The molecule has 1 aliphatic heterocycles. The third-order valence-electron chi connectivity index (χ3n) is 6.83. The van der Waals surface area contributed by atoms with Gasteiger partial charge in [-0.2, -0.15) is 0 Å². The zero-order valence-corrected chi connectivity index (χ0v) is 22.3. The van der Waals surface area contributed by atoms with Gasteiger partial charge in [-0.1, -0.05) is 59.8 Å². The number of hydrogen-bond acceptors (Lipinski definition) is 7. The fourth-order valence-electron chi connectivity index (χ4n) is 4.82. The number of hydrogen-bond donors (Lipinski definition) is 1. The highest BCUT2D eigenvalue weighted by molar-refractivity contribution is 6.02. The molecule has 0 radical (unpaired) electrons. The smallest absolute Gasteiger partial charge is 0.249 e. The SMILES string of the molecule is COc1cccc([C@H](C(=O)NCc2ccccc2)N(C(=O)Cn2nnc3ccccc32)c2ccc3c(c2)OCO3)c1. The third kappa shape index (κ3) is 5.40. The first kappa shape index (κ1) is 25.9. The molecule has 2 heterocycles. The van der Waals surface area contributed by atoms with Crippen LogP contribution >= 0.6 is 0 Å². The number of amides is 2. The Morgan fingerprint density at radius 1 is 0.951 bits per heavy atom. The molecule has 10 heteroatoms. The molecule has 0 aliphatic carbocycles. The van der Waals surface area contributed by atoms with Crippen molar-refractivity contribution in [1.82, 2.24) is 20.3 Å². The number of nitrogens with zero attached hydrogens (tertiary/aromatic N) is 4. The lowest BCUT2D eigenvalue weighted by Gasteiger charge is -2.32. The Hall–Kier alpha value is -5.38. The molecule has 1 atom stereocenters. The molecule has 1 aliphatic rings. The lowest BCUT2D eigenvalue weighted by molar-refractivity contribution is -0.127. The predicted octanol–water partition coefficient (Wildman–Crippen LogP) is 4.26. The predicted molar refractivity (Wildman–Crippen MR) is 152 cm³/mol. The second-order valence-corrected chi connectivity index (χ2v) is 9.42. The van der Waals surface area contributed by atoms with Crippen LogP contribution in [0.25, 0.3) is 11.0 Å². The Kier molecular flexibility index (Phi) is 7.19. The Morgan fingerprint density at radius 3 is 2.61 bits per heavy atom. The van der Waals surface area contributed by atoms with Gasteiger partial charge in [0.15, 0.2) is 11.5 Å². The number of nitrogens with one attached hydrogen (secondary N) is 1. The van der Waals surface area contributed by atoms with E-state index in [2.05, 4.69) is 15.6 Å². The summed E-state index contributed by atoms with van der Waals surface area (Å²) in [7, 11) is 1.56. The summed E-state index contributed by atoms with van der Waals surface area (Å²) < 4.78 is 18.1. The maximum atomic E-state index is 14.3. The molecular formula is C31H27N5O5. The molecule has 0 spiro atoms. The van der Waals surface area contributed by atoms with Gasteiger partial charge in [0.1, 0.15) is 23.9 Å². The van der Waals surface area contributed by atoms with E-state index in [1.165, 1.54) is 9.58 Å². The minimum absolute atomic E-state index is 0.0779. The molecule has 1 aromatic heterocycles. The molecular weight excluding hydrogens is 522 g/mol. The Bertz CT molecular complexity index is 1700. The summed E-state index contributed by atoms with van der Waals surface area (Å²) >= 11 is 0. The van der Waals surface area contributed by atoms with E-state index < -0.39 is 6.04 Å². The van der Waals surface area contributed by atoms with Gasteiger partial charge in [0.2, 0.25) is 18.6 Å². The topological polar surface area (TPSA) is 108 Å². The summed E-state index contributed by atoms with van der Waals surface area (Å²) in [4.78, 5) is 29.8. The molecule has 1 N–H and O–H groups in total. The Balaban J connectivity index is 1.43. The number of ether oxygens (including phenoxy) is 3. The maximum Gasteiger partial charge on any atom is 0.249 e. The van der Waals surface area contributed by atoms with Crippen LogP contribution in [0.2, 0.25) is 0 Å². The van der Waals surface area contributed by atoms with Crippen molar-refractivity contribution < 1.29 is 23.8 Å². The van der Waals surface area contributed by atoms with Gasteiger partial charge in [-0.05, 0) is 47.5 Å². The molecule has 0 unspecified atom stereocenters. The van der Waals surface area contributed by atoms with E-state index in [4.69, 9.17) is 14.2 Å². The number of methoxy groups -OCH3 is 1. The lowest BCUT2D eigenvalue weighted by atomic mass is 10.0. The van der Waals surface area contributed by atoms with Gasteiger partial charge in [0.25, 0.3) is 0 Å². The maximum absolute atomic E-state index is 14.3. The fourth-order valence-corrected chi connectivity index (χ4v) is 4.82. The average Bonchev–Trinajstić information content (AvgIpc) is 3.66. The van der Waals surface area contributed by atoms with Gasteiger partial charge in [0, 0.05) is 18.3 Å². The molecule has 206 valence electrons. The minimum atomic E-state index is -1.04. The molecule has 0 saturated heterocycles. The summed E-state index contributed by atoms with van der Waals surface area (Å²) in [6.07, 6.45) is 0. The van der Waals surface area contributed by atoms with E-state index >= 15 is 0 Å². The number of anilines is 1. The average molecular weight is 550 g/mol. The molecule has 10 nitrogen and oxygen atoms in total. The molecule has 0 saturated carbocycles. The van der Waals surface area contributed by atoms with Crippen molar-refractivity contribution >= 4 is 28.5 Å². The zero-order valence-electron chi connectivity index (χ0n) is 22.3. The van der Waals surface area contributed by atoms with Crippen LogP contribution in [0.4, 0.5) is 5.69 Å². The van der Waals surface area contributed by atoms with Crippen LogP contribution in [0.5, 0.6) is 17.2 Å². The largest absolute Gasteiger partial charge is 0.497 e. The van der Waals surface area contributed by atoms with Crippen LogP contribution in [-0.4, -0.2) is 40.7 Å². The van der Waals surface area contributed by atoms with Crippen LogP contribution in [0.3, 0.4) is 0 Å². The number of carbonyl (C=O) groups excluding carboxylic acids is 2. The van der Waals surface area contributed by atoms with Crippen molar-refractivity contribution in [3.05, 3.63) is 108 Å². The monoisotopic (exact) mass is 549 g/mol. The van der Waals surface area contributed by atoms with Gasteiger partial charge in [0.05, 0.1) is 12.6 Å². The van der Waals surface area contributed by atoms with Gasteiger partial charge in [-0.3, -0.25) is 14.5 Å². The quantitative estimate of drug-likeness (QED) is 0.293. The molecule has 0 fully saturated rings. The number of para-hydroxylation sites is 1. The van der Waals surface area contributed by atoms with Crippen LogP contribution in [0, 0.1) is 0 Å². The van der Waals surface area contributed by atoms with E-state index in [9.17, 15) is 9.59 Å². The molecule has 5 aromatic rings. The summed E-state index contributed by atoms with van der Waals surface area (Å²) in [5.74, 6) is 0.873. The van der Waals surface area contributed by atoms with Gasteiger partial charge >= 0.3 is 0 Å². The number of carbonyl (C=O) groups is 2. The number of fused-ring (bicyclic) bond motifs is 2. The van der Waals surface area contributed by atoms with Crippen molar-refractivity contribution in [3.63, 3.8) is 0 Å². The molecule has 2 amide bonds. The fraction of sp³-hybridized carbons (Fsp3) is 0.161. The van der Waals surface area contributed by atoms with E-state index in [1.54, 1.807) is 49.6 Å². The van der Waals surface area contributed by atoms with Crippen LogP contribution in [0.15, 0.2) is 97.1 Å². The van der Waals surface area contributed by atoms with Gasteiger partial charge in [-0.25, -0.2) is 4.68 Å².